The largest absolute Gasteiger partial charge is 0.306 e. The number of nitrogens with zero attached hydrogens (tertiary/aromatic N) is 3. The third kappa shape index (κ3) is 2.90. The van der Waals surface area contributed by atoms with Crippen LogP contribution < -0.4 is 5.32 Å². The molecule has 0 amide bonds. The average molecular weight is 278 g/mol. The number of benzene rings is 1. The van der Waals surface area contributed by atoms with Crippen molar-refractivity contribution in [3.8, 4) is 0 Å². The molecule has 1 N–H and O–H groups in total. The van der Waals surface area contributed by atoms with Gasteiger partial charge in [0, 0.05) is 24.0 Å². The van der Waals surface area contributed by atoms with Gasteiger partial charge < -0.3 is 5.32 Å². The van der Waals surface area contributed by atoms with Crippen LogP contribution in [-0.4, -0.2) is 21.7 Å². The predicted octanol–water partition coefficient (Wildman–Crippen LogP) is 3.11. The van der Waals surface area contributed by atoms with E-state index in [1.165, 1.54) is 10.9 Å². The lowest BCUT2D eigenvalue weighted by Gasteiger charge is -2.20. The highest BCUT2D eigenvalue weighted by molar-refractivity contribution is 5.85. The van der Waals surface area contributed by atoms with Gasteiger partial charge in [-0.1, -0.05) is 31.2 Å². The van der Waals surface area contributed by atoms with Gasteiger partial charge in [-0.25, -0.2) is 0 Å². The van der Waals surface area contributed by atoms with Crippen molar-refractivity contribution in [3.63, 3.8) is 0 Å². The fourth-order valence-corrected chi connectivity index (χ4v) is 2.54. The van der Waals surface area contributed by atoms with Crippen molar-refractivity contribution in [2.75, 3.05) is 6.54 Å². The molecule has 3 aromatic rings. The summed E-state index contributed by atoms with van der Waals surface area (Å²) in [5.74, 6) is 0. The molecule has 0 spiro atoms. The van der Waals surface area contributed by atoms with Crippen molar-refractivity contribution in [1.29, 1.82) is 0 Å². The zero-order chi connectivity index (χ0) is 14.5. The summed E-state index contributed by atoms with van der Waals surface area (Å²) in [6, 6.07) is 10.4. The Morgan fingerprint density at radius 3 is 2.76 bits per heavy atom. The Bertz CT molecular complexity index is 707. The molecule has 1 aromatic carbocycles. The van der Waals surface area contributed by atoms with E-state index in [0.717, 1.165) is 23.9 Å². The third-order valence-electron chi connectivity index (χ3n) is 3.55. The molecule has 0 fully saturated rings. The van der Waals surface area contributed by atoms with Crippen LogP contribution in [0.1, 0.15) is 30.5 Å². The first-order valence-corrected chi connectivity index (χ1v) is 7.22. The summed E-state index contributed by atoms with van der Waals surface area (Å²) in [6.45, 7) is 3.10. The summed E-state index contributed by atoms with van der Waals surface area (Å²) >= 11 is 0. The Hall–Kier alpha value is -2.33. The van der Waals surface area contributed by atoms with E-state index >= 15 is 0 Å². The standard InChI is InChI=1S/C17H18N4/c1-2-8-19-17(14-7-9-20-21-11-14)16-12-18-10-13-5-3-4-6-15(13)16/h3-7,9-12,17,19H,2,8H2,1H3. The fraction of sp³-hybridized carbons (Fsp3) is 0.235. The van der Waals surface area contributed by atoms with Crippen molar-refractivity contribution in [2.24, 2.45) is 0 Å². The molecule has 2 aromatic heterocycles. The molecule has 21 heavy (non-hydrogen) atoms. The summed E-state index contributed by atoms with van der Waals surface area (Å²) in [5, 5.41) is 13.8. The highest BCUT2D eigenvalue weighted by atomic mass is 15.1. The van der Waals surface area contributed by atoms with Crippen LogP contribution in [0.15, 0.2) is 55.1 Å². The minimum absolute atomic E-state index is 0.0825. The fourth-order valence-electron chi connectivity index (χ4n) is 2.54. The van der Waals surface area contributed by atoms with E-state index in [1.807, 2.05) is 30.7 Å². The second kappa shape index (κ2) is 6.41. The van der Waals surface area contributed by atoms with Crippen LogP contribution >= 0.6 is 0 Å². The second-order valence-electron chi connectivity index (χ2n) is 5.01. The van der Waals surface area contributed by atoms with Crippen LogP contribution in [-0.2, 0) is 0 Å². The molecule has 0 saturated heterocycles. The Balaban J connectivity index is 2.10. The molecular weight excluding hydrogens is 260 g/mol. The maximum Gasteiger partial charge on any atom is 0.0614 e. The van der Waals surface area contributed by atoms with Crippen LogP contribution in [0.2, 0.25) is 0 Å². The highest BCUT2D eigenvalue weighted by Crippen LogP contribution is 2.27. The van der Waals surface area contributed by atoms with Gasteiger partial charge in [-0.2, -0.15) is 10.2 Å². The first-order valence-electron chi connectivity index (χ1n) is 7.22. The molecule has 2 heterocycles. The number of pyridine rings is 1. The quantitative estimate of drug-likeness (QED) is 0.779. The highest BCUT2D eigenvalue weighted by Gasteiger charge is 2.16. The molecule has 1 atom stereocenters. The zero-order valence-electron chi connectivity index (χ0n) is 12.0. The van der Waals surface area contributed by atoms with E-state index in [0.29, 0.717) is 0 Å². The topological polar surface area (TPSA) is 50.7 Å². The first-order chi connectivity index (χ1) is 10.4. The van der Waals surface area contributed by atoms with Gasteiger partial charge >= 0.3 is 0 Å². The van der Waals surface area contributed by atoms with Crippen molar-refractivity contribution in [1.82, 2.24) is 20.5 Å². The van der Waals surface area contributed by atoms with E-state index < -0.39 is 0 Å². The number of nitrogens with one attached hydrogen (secondary N) is 1. The normalized spacial score (nSPS) is 12.4. The predicted molar refractivity (Wildman–Crippen MR) is 83.9 cm³/mol. The Labute approximate surface area is 124 Å². The van der Waals surface area contributed by atoms with Gasteiger partial charge in [0.1, 0.15) is 0 Å². The van der Waals surface area contributed by atoms with Gasteiger partial charge in [-0.15, -0.1) is 0 Å². The molecule has 0 aliphatic carbocycles. The number of aromatic nitrogens is 3. The van der Waals surface area contributed by atoms with Crippen LogP contribution in [0.25, 0.3) is 10.8 Å². The molecule has 0 saturated carbocycles. The zero-order valence-corrected chi connectivity index (χ0v) is 12.0. The Kier molecular flexibility index (Phi) is 4.17. The van der Waals surface area contributed by atoms with Crippen molar-refractivity contribution < 1.29 is 0 Å². The van der Waals surface area contributed by atoms with E-state index in [-0.39, 0.29) is 6.04 Å². The van der Waals surface area contributed by atoms with Gasteiger partial charge in [-0.3, -0.25) is 4.98 Å². The number of fused-ring (bicyclic) bond motifs is 1. The monoisotopic (exact) mass is 278 g/mol. The van der Waals surface area contributed by atoms with E-state index in [2.05, 4.69) is 45.6 Å². The lowest BCUT2D eigenvalue weighted by atomic mass is 9.97. The van der Waals surface area contributed by atoms with Gasteiger partial charge in [0.25, 0.3) is 0 Å². The summed E-state index contributed by atoms with van der Waals surface area (Å²) < 4.78 is 0. The molecule has 0 radical (unpaired) electrons. The number of hydrogen-bond donors (Lipinski definition) is 1. The Morgan fingerprint density at radius 2 is 1.95 bits per heavy atom. The summed E-state index contributed by atoms with van der Waals surface area (Å²) in [5.41, 5.74) is 2.28. The van der Waals surface area contributed by atoms with Crippen molar-refractivity contribution in [3.05, 3.63) is 66.2 Å². The lowest BCUT2D eigenvalue weighted by molar-refractivity contribution is 0.597. The number of rotatable bonds is 5. The average Bonchev–Trinajstić information content (AvgIpc) is 2.56. The first kappa shape index (κ1) is 13.6. The lowest BCUT2D eigenvalue weighted by Crippen LogP contribution is -2.23. The summed E-state index contributed by atoms with van der Waals surface area (Å²) in [6.07, 6.45) is 8.47. The second-order valence-corrected chi connectivity index (χ2v) is 5.01. The van der Waals surface area contributed by atoms with Crippen LogP contribution in [0.4, 0.5) is 0 Å². The SMILES string of the molecule is CCCNC(c1ccnnc1)c1cncc2ccccc12. The molecule has 4 nitrogen and oxygen atoms in total. The molecule has 106 valence electrons. The molecule has 3 rings (SSSR count). The Morgan fingerprint density at radius 1 is 1.05 bits per heavy atom. The van der Waals surface area contributed by atoms with Gasteiger partial charge in [0.15, 0.2) is 0 Å². The van der Waals surface area contributed by atoms with Gasteiger partial charge in [0.2, 0.25) is 0 Å². The van der Waals surface area contributed by atoms with Crippen molar-refractivity contribution >= 4 is 10.8 Å². The summed E-state index contributed by atoms with van der Waals surface area (Å²) in [7, 11) is 0. The molecule has 0 aliphatic rings. The van der Waals surface area contributed by atoms with E-state index in [4.69, 9.17) is 0 Å². The van der Waals surface area contributed by atoms with E-state index in [1.54, 1.807) is 6.20 Å². The van der Waals surface area contributed by atoms with Crippen molar-refractivity contribution in [2.45, 2.75) is 19.4 Å². The van der Waals surface area contributed by atoms with Gasteiger partial charge in [0.05, 0.1) is 12.2 Å². The third-order valence-corrected chi connectivity index (χ3v) is 3.55. The van der Waals surface area contributed by atoms with Crippen LogP contribution in [0.5, 0.6) is 0 Å². The minimum atomic E-state index is 0.0825. The molecule has 0 aliphatic heterocycles. The van der Waals surface area contributed by atoms with Gasteiger partial charge in [-0.05, 0) is 35.5 Å². The summed E-state index contributed by atoms with van der Waals surface area (Å²) in [4.78, 5) is 4.39. The molecule has 4 heteroatoms. The smallest absolute Gasteiger partial charge is 0.0614 e. The maximum absolute atomic E-state index is 4.39. The van der Waals surface area contributed by atoms with Crippen LogP contribution in [0, 0.1) is 0 Å². The van der Waals surface area contributed by atoms with E-state index in [9.17, 15) is 0 Å². The minimum Gasteiger partial charge on any atom is -0.306 e. The molecule has 0 bridgehead atoms. The molecular formula is C17H18N4. The molecule has 1 unspecified atom stereocenters. The maximum atomic E-state index is 4.39. The van der Waals surface area contributed by atoms with Crippen LogP contribution in [0.3, 0.4) is 0 Å². The number of hydrogen-bond acceptors (Lipinski definition) is 4.